The average molecular weight is 537 g/mol. The molecule has 0 unspecified atom stereocenters. The zero-order valence-electron chi connectivity index (χ0n) is 17.9. The molecule has 3 aromatic rings. The van der Waals surface area contributed by atoms with Crippen LogP contribution in [0.2, 0.25) is 0 Å². The van der Waals surface area contributed by atoms with Gasteiger partial charge in [-0.15, -0.1) is 24.8 Å². The normalized spacial score (nSPS) is 17.5. The average Bonchev–Trinajstić information content (AvgIpc) is 3.17. The van der Waals surface area contributed by atoms with Gasteiger partial charge in [0.2, 0.25) is 0 Å². The Labute approximate surface area is 210 Å². The summed E-state index contributed by atoms with van der Waals surface area (Å²) in [4.78, 5) is 14.8. The van der Waals surface area contributed by atoms with Crippen molar-refractivity contribution >= 4 is 52.9 Å². The molecule has 184 valence electrons. The number of aromatic nitrogens is 1. The number of hydrogen-bond donors (Lipinski definition) is 2. The molecule has 1 amide bonds. The Morgan fingerprint density at radius 3 is 2.35 bits per heavy atom. The molecule has 4 rings (SSSR count). The topological polar surface area (TPSA) is 71.2 Å². The molecule has 1 saturated heterocycles. The zero-order chi connectivity index (χ0) is 23.0. The fourth-order valence-electron chi connectivity index (χ4n) is 4.00. The van der Waals surface area contributed by atoms with Crippen molar-refractivity contribution in [1.29, 1.82) is 0 Å². The maximum Gasteiger partial charge on any atom is 0.258 e. The zero-order valence-corrected chi connectivity index (χ0v) is 20.3. The van der Waals surface area contributed by atoms with Gasteiger partial charge in [-0.1, -0.05) is 13.0 Å². The Bertz CT molecular complexity index is 1150. The molecule has 34 heavy (non-hydrogen) atoms. The molecule has 1 aliphatic heterocycles. The number of hydrogen-bond acceptors (Lipinski definition) is 5. The first kappa shape index (κ1) is 27.8. The number of carbonyl (C=O) groups is 1. The highest BCUT2D eigenvalue weighted by Gasteiger charge is 2.28. The van der Waals surface area contributed by atoms with Crippen LogP contribution in [0.3, 0.4) is 0 Å². The Balaban J connectivity index is 0.00000204. The number of amides is 1. The molecule has 2 heterocycles. The third kappa shape index (κ3) is 5.46. The van der Waals surface area contributed by atoms with Crippen molar-refractivity contribution in [3.05, 3.63) is 65.4 Å². The van der Waals surface area contributed by atoms with Crippen molar-refractivity contribution in [2.75, 3.05) is 23.3 Å². The van der Waals surface area contributed by atoms with Crippen LogP contribution in [0.4, 0.5) is 28.3 Å². The van der Waals surface area contributed by atoms with Gasteiger partial charge in [-0.25, -0.2) is 17.6 Å². The summed E-state index contributed by atoms with van der Waals surface area (Å²) in [6, 6.07) is 4.56. The van der Waals surface area contributed by atoms with Gasteiger partial charge >= 0.3 is 0 Å². The third-order valence-corrected chi connectivity index (χ3v) is 6.19. The number of nitrogens with zero attached hydrogens (tertiary/aromatic N) is 2. The number of benzene rings is 2. The molecule has 0 saturated carbocycles. The molecule has 5 nitrogen and oxygen atoms in total. The van der Waals surface area contributed by atoms with Crippen LogP contribution < -0.4 is 16.0 Å². The highest BCUT2D eigenvalue weighted by molar-refractivity contribution is 7.11. The van der Waals surface area contributed by atoms with E-state index in [-0.39, 0.29) is 30.9 Å². The van der Waals surface area contributed by atoms with Gasteiger partial charge in [0.15, 0.2) is 0 Å². The van der Waals surface area contributed by atoms with Gasteiger partial charge in [0.1, 0.15) is 28.3 Å². The van der Waals surface area contributed by atoms with E-state index in [1.165, 1.54) is 6.20 Å². The predicted octanol–water partition coefficient (Wildman–Crippen LogP) is 5.64. The first-order valence-corrected chi connectivity index (χ1v) is 10.7. The number of rotatable bonds is 4. The lowest BCUT2D eigenvalue weighted by Crippen LogP contribution is -2.46. The molecule has 3 N–H and O–H groups in total. The van der Waals surface area contributed by atoms with Crippen LogP contribution in [0.15, 0.2) is 36.5 Å². The number of carbonyl (C=O) groups excluding carboxylic acids is 1. The van der Waals surface area contributed by atoms with Gasteiger partial charge in [0, 0.05) is 19.1 Å². The number of piperidine rings is 1. The fourth-order valence-corrected chi connectivity index (χ4v) is 4.72. The summed E-state index contributed by atoms with van der Waals surface area (Å²) in [7, 11) is 0. The second kappa shape index (κ2) is 11.4. The van der Waals surface area contributed by atoms with Crippen LogP contribution in [0.25, 0.3) is 11.1 Å². The fraction of sp³-hybridized carbons (Fsp3) is 0.273. The lowest BCUT2D eigenvalue weighted by atomic mass is 9.97. The Morgan fingerprint density at radius 2 is 1.71 bits per heavy atom. The van der Waals surface area contributed by atoms with E-state index in [4.69, 9.17) is 5.73 Å². The van der Waals surface area contributed by atoms with Crippen LogP contribution in [0.1, 0.15) is 23.7 Å². The molecule has 1 aliphatic rings. The summed E-state index contributed by atoms with van der Waals surface area (Å²) in [6.45, 7) is 3.37. The summed E-state index contributed by atoms with van der Waals surface area (Å²) in [5, 5.41) is 3.25. The van der Waals surface area contributed by atoms with Crippen molar-refractivity contribution in [2.24, 2.45) is 11.7 Å². The van der Waals surface area contributed by atoms with Gasteiger partial charge in [0.25, 0.3) is 5.91 Å². The summed E-state index contributed by atoms with van der Waals surface area (Å²) in [5.74, 6) is -5.36. The first-order chi connectivity index (χ1) is 15.3. The highest BCUT2D eigenvalue weighted by atomic mass is 35.5. The molecule has 2 aromatic carbocycles. The number of nitrogens with one attached hydrogen (secondary N) is 1. The first-order valence-electron chi connectivity index (χ1n) is 9.95. The predicted molar refractivity (Wildman–Crippen MR) is 130 cm³/mol. The minimum Gasteiger partial charge on any atom is -0.359 e. The molecule has 2 atom stereocenters. The third-order valence-electron chi connectivity index (χ3n) is 5.33. The lowest BCUT2D eigenvalue weighted by Gasteiger charge is -2.35. The van der Waals surface area contributed by atoms with Gasteiger partial charge in [-0.05, 0) is 48.1 Å². The molecule has 1 fully saturated rings. The van der Waals surface area contributed by atoms with Crippen molar-refractivity contribution < 1.29 is 22.4 Å². The second-order valence-corrected chi connectivity index (χ2v) is 8.67. The van der Waals surface area contributed by atoms with Crippen LogP contribution in [-0.2, 0) is 0 Å². The van der Waals surface area contributed by atoms with Crippen molar-refractivity contribution in [2.45, 2.75) is 19.4 Å². The van der Waals surface area contributed by atoms with Gasteiger partial charge in [0.05, 0.1) is 28.6 Å². The minimum atomic E-state index is -1.36. The smallest absolute Gasteiger partial charge is 0.258 e. The largest absolute Gasteiger partial charge is 0.359 e. The number of nitrogens with two attached hydrogens (primary N) is 1. The molecule has 1 aromatic heterocycles. The molecule has 0 spiro atoms. The van der Waals surface area contributed by atoms with E-state index in [2.05, 4.69) is 16.6 Å². The van der Waals surface area contributed by atoms with Gasteiger partial charge in [-0.3, -0.25) is 4.79 Å². The van der Waals surface area contributed by atoms with Gasteiger partial charge in [-0.2, -0.15) is 4.37 Å². The Hall–Kier alpha value is -2.40. The second-order valence-electron chi connectivity index (χ2n) is 7.89. The summed E-state index contributed by atoms with van der Waals surface area (Å²) >= 11 is 1.16. The molecule has 12 heteroatoms. The van der Waals surface area contributed by atoms with Crippen LogP contribution in [0, 0.1) is 29.2 Å². The number of anilines is 2. The maximum absolute atomic E-state index is 15.1. The summed E-state index contributed by atoms with van der Waals surface area (Å²) < 4.78 is 61.9. The van der Waals surface area contributed by atoms with Crippen molar-refractivity contribution in [3.8, 4) is 11.1 Å². The molecule has 0 bridgehead atoms. The van der Waals surface area contributed by atoms with E-state index < -0.39 is 45.9 Å². The van der Waals surface area contributed by atoms with E-state index in [0.717, 1.165) is 54.8 Å². The lowest BCUT2D eigenvalue weighted by molar-refractivity contribution is 0.102. The van der Waals surface area contributed by atoms with Crippen molar-refractivity contribution in [1.82, 2.24) is 4.37 Å². The van der Waals surface area contributed by atoms with E-state index in [1.54, 1.807) is 0 Å². The van der Waals surface area contributed by atoms with Crippen LogP contribution in [-0.4, -0.2) is 29.4 Å². The SMILES string of the molecule is C[C@@H]1C[C@H](N)CN(c2sncc2NC(=O)c2ccc(F)c(-c3c(F)cccc3F)c2F)C1.Cl.Cl. The van der Waals surface area contributed by atoms with Crippen LogP contribution in [0.5, 0.6) is 0 Å². The molecular formula is C22H22Cl2F4N4OS. The molecule has 0 radical (unpaired) electrons. The van der Waals surface area contributed by atoms with Crippen LogP contribution >= 0.6 is 36.3 Å². The van der Waals surface area contributed by atoms with E-state index >= 15 is 4.39 Å². The summed E-state index contributed by atoms with van der Waals surface area (Å²) in [6.07, 6.45) is 2.31. The minimum absolute atomic E-state index is 0. The maximum atomic E-state index is 15.1. The molecule has 0 aliphatic carbocycles. The Kier molecular flexibility index (Phi) is 9.29. The van der Waals surface area contributed by atoms with E-state index in [0.29, 0.717) is 23.2 Å². The quantitative estimate of drug-likeness (QED) is 0.423. The van der Waals surface area contributed by atoms with Gasteiger partial charge < -0.3 is 16.0 Å². The summed E-state index contributed by atoms with van der Waals surface area (Å²) in [5.41, 5.74) is 4.10. The monoisotopic (exact) mass is 536 g/mol. The van der Waals surface area contributed by atoms with E-state index in [9.17, 15) is 18.0 Å². The number of halogens is 6. The highest BCUT2D eigenvalue weighted by Crippen LogP contribution is 2.35. The standard InChI is InChI=1S/C22H20F4N4OS.2ClH/c1-11-7-12(27)10-30(9-11)22-17(8-28-32-22)29-21(31)13-5-6-16(25)19(20(13)26)18-14(23)3-2-4-15(18)24;;/h2-6,8,11-12H,7,9-10,27H2,1H3,(H,29,31);2*1H/t11-,12+;;/m1../s1. The van der Waals surface area contributed by atoms with E-state index in [1.807, 2.05) is 4.90 Å². The molecular weight excluding hydrogens is 515 g/mol. The van der Waals surface area contributed by atoms with Crippen molar-refractivity contribution in [3.63, 3.8) is 0 Å². The Morgan fingerprint density at radius 1 is 1.06 bits per heavy atom.